The van der Waals surface area contributed by atoms with Gasteiger partial charge in [0.05, 0.1) is 5.60 Å². The maximum atomic E-state index is 11.9. The summed E-state index contributed by atoms with van der Waals surface area (Å²) in [4.78, 5) is 17.2. The Balaban J connectivity index is 2.07. The molecule has 98 valence electrons. The molecule has 2 rings (SSSR count). The van der Waals surface area contributed by atoms with E-state index in [1.807, 2.05) is 32.9 Å². The minimum Gasteiger partial charge on any atom is -0.268 e. The number of fused-ring (bicyclic) bond motifs is 1. The van der Waals surface area contributed by atoms with Crippen LogP contribution in [0.2, 0.25) is 0 Å². The third-order valence-corrected chi connectivity index (χ3v) is 3.06. The summed E-state index contributed by atoms with van der Waals surface area (Å²) in [6.45, 7) is 5.71. The third-order valence-electron chi connectivity index (χ3n) is 3.06. The van der Waals surface area contributed by atoms with Crippen molar-refractivity contribution in [1.29, 1.82) is 0 Å². The highest BCUT2D eigenvalue weighted by molar-refractivity contribution is 5.93. The zero-order chi connectivity index (χ0) is 13.2. The fourth-order valence-corrected chi connectivity index (χ4v) is 2.13. The lowest BCUT2D eigenvalue weighted by atomic mass is 9.90. The number of nitrogens with one attached hydrogen (secondary N) is 1. The Morgan fingerprint density at radius 3 is 2.50 bits per heavy atom. The van der Waals surface area contributed by atoms with Gasteiger partial charge in [0.15, 0.2) is 0 Å². The van der Waals surface area contributed by atoms with Crippen molar-refractivity contribution in [2.45, 2.75) is 52.1 Å². The van der Waals surface area contributed by atoms with Gasteiger partial charge < -0.3 is 0 Å². The summed E-state index contributed by atoms with van der Waals surface area (Å²) in [6.07, 6.45) is 4.69. The van der Waals surface area contributed by atoms with E-state index in [1.54, 1.807) is 0 Å². The van der Waals surface area contributed by atoms with Crippen molar-refractivity contribution in [1.82, 2.24) is 5.48 Å². The molecule has 0 bridgehead atoms. The lowest BCUT2D eigenvalue weighted by Gasteiger charge is -2.20. The number of aryl methyl sites for hydroxylation is 2. The molecule has 3 nitrogen and oxygen atoms in total. The summed E-state index contributed by atoms with van der Waals surface area (Å²) >= 11 is 0. The lowest BCUT2D eigenvalue weighted by Crippen LogP contribution is -2.33. The van der Waals surface area contributed by atoms with Crippen LogP contribution >= 0.6 is 0 Å². The van der Waals surface area contributed by atoms with Crippen LogP contribution in [-0.2, 0) is 17.7 Å². The normalized spacial score (nSPS) is 15.1. The first kappa shape index (κ1) is 13.1. The molecule has 0 fully saturated rings. The minimum absolute atomic E-state index is 0.168. The quantitative estimate of drug-likeness (QED) is 0.816. The summed E-state index contributed by atoms with van der Waals surface area (Å²) in [7, 11) is 0. The molecule has 0 radical (unpaired) electrons. The molecule has 0 aliphatic heterocycles. The molecule has 1 aliphatic carbocycles. The average molecular weight is 247 g/mol. The molecule has 3 heteroatoms. The number of hydrogen-bond acceptors (Lipinski definition) is 2. The van der Waals surface area contributed by atoms with Gasteiger partial charge in [-0.05, 0) is 69.7 Å². The van der Waals surface area contributed by atoms with E-state index >= 15 is 0 Å². The van der Waals surface area contributed by atoms with E-state index in [4.69, 9.17) is 4.84 Å². The van der Waals surface area contributed by atoms with Crippen molar-refractivity contribution in [2.24, 2.45) is 0 Å². The number of carbonyl (C=O) groups excluding carboxylic acids is 1. The Morgan fingerprint density at radius 1 is 1.17 bits per heavy atom. The molecule has 0 atom stereocenters. The number of carbonyl (C=O) groups is 1. The first-order valence-electron chi connectivity index (χ1n) is 6.56. The lowest BCUT2D eigenvalue weighted by molar-refractivity contribution is -0.0589. The number of hydroxylamine groups is 1. The van der Waals surface area contributed by atoms with E-state index in [0.29, 0.717) is 5.56 Å². The van der Waals surface area contributed by atoms with E-state index in [-0.39, 0.29) is 11.5 Å². The third kappa shape index (κ3) is 3.33. The van der Waals surface area contributed by atoms with Gasteiger partial charge >= 0.3 is 0 Å². The summed E-state index contributed by atoms with van der Waals surface area (Å²) in [5, 5.41) is 0. The molecule has 0 aromatic heterocycles. The molecule has 1 aliphatic rings. The molecule has 1 aromatic carbocycles. The zero-order valence-corrected chi connectivity index (χ0v) is 11.4. The van der Waals surface area contributed by atoms with Crippen molar-refractivity contribution in [3.8, 4) is 0 Å². The highest BCUT2D eigenvalue weighted by atomic mass is 16.7. The van der Waals surface area contributed by atoms with Crippen LogP contribution in [-0.4, -0.2) is 11.5 Å². The second-order valence-corrected chi connectivity index (χ2v) is 5.84. The summed E-state index contributed by atoms with van der Waals surface area (Å²) < 4.78 is 0. The molecular weight excluding hydrogens is 226 g/mol. The van der Waals surface area contributed by atoms with Crippen molar-refractivity contribution >= 4 is 5.91 Å². The van der Waals surface area contributed by atoms with Gasteiger partial charge in [-0.3, -0.25) is 9.63 Å². The molecule has 1 N–H and O–H groups in total. The predicted molar refractivity (Wildman–Crippen MR) is 71.4 cm³/mol. The van der Waals surface area contributed by atoms with Gasteiger partial charge in [0.1, 0.15) is 0 Å². The molecular formula is C15H21NO2. The maximum Gasteiger partial charge on any atom is 0.274 e. The highest BCUT2D eigenvalue weighted by Gasteiger charge is 2.16. The number of amides is 1. The van der Waals surface area contributed by atoms with Crippen molar-refractivity contribution in [3.63, 3.8) is 0 Å². The van der Waals surface area contributed by atoms with Crippen LogP contribution in [0.1, 0.15) is 55.1 Å². The van der Waals surface area contributed by atoms with Gasteiger partial charge in [0, 0.05) is 5.56 Å². The summed E-state index contributed by atoms with van der Waals surface area (Å²) in [5.74, 6) is -0.168. The molecule has 0 saturated carbocycles. The Morgan fingerprint density at radius 2 is 1.83 bits per heavy atom. The fourth-order valence-electron chi connectivity index (χ4n) is 2.13. The minimum atomic E-state index is -0.371. The van der Waals surface area contributed by atoms with Crippen molar-refractivity contribution < 1.29 is 9.63 Å². The number of hydrogen-bond donors (Lipinski definition) is 1. The second-order valence-electron chi connectivity index (χ2n) is 5.84. The van der Waals surface area contributed by atoms with Crippen LogP contribution in [0, 0.1) is 0 Å². The molecule has 0 heterocycles. The van der Waals surface area contributed by atoms with E-state index in [1.165, 1.54) is 24.0 Å². The molecule has 0 saturated heterocycles. The standard InChI is InChI=1S/C15H21NO2/c1-15(2,3)18-16-14(17)13-9-8-11-6-4-5-7-12(11)10-13/h8-10H,4-7H2,1-3H3,(H,16,17). The zero-order valence-electron chi connectivity index (χ0n) is 11.4. The Hall–Kier alpha value is -1.35. The average Bonchev–Trinajstić information content (AvgIpc) is 2.34. The topological polar surface area (TPSA) is 38.3 Å². The smallest absolute Gasteiger partial charge is 0.268 e. The predicted octanol–water partition coefficient (Wildman–Crippen LogP) is 3.03. The molecule has 1 amide bonds. The van der Waals surface area contributed by atoms with Gasteiger partial charge in [-0.15, -0.1) is 0 Å². The van der Waals surface area contributed by atoms with Crippen LogP contribution in [0.3, 0.4) is 0 Å². The monoisotopic (exact) mass is 247 g/mol. The summed E-state index contributed by atoms with van der Waals surface area (Å²) in [5.41, 5.74) is 5.51. The van der Waals surface area contributed by atoms with Gasteiger partial charge in [0.25, 0.3) is 5.91 Å². The number of benzene rings is 1. The van der Waals surface area contributed by atoms with Crippen LogP contribution in [0.5, 0.6) is 0 Å². The molecule has 18 heavy (non-hydrogen) atoms. The Kier molecular flexibility index (Phi) is 3.71. The highest BCUT2D eigenvalue weighted by Crippen LogP contribution is 2.22. The molecule has 0 spiro atoms. The van der Waals surface area contributed by atoms with Crippen LogP contribution in [0.4, 0.5) is 0 Å². The van der Waals surface area contributed by atoms with E-state index in [2.05, 4.69) is 11.5 Å². The SMILES string of the molecule is CC(C)(C)ONC(=O)c1ccc2c(c1)CCCC2. The largest absolute Gasteiger partial charge is 0.274 e. The van der Waals surface area contributed by atoms with E-state index in [9.17, 15) is 4.79 Å². The second kappa shape index (κ2) is 5.11. The van der Waals surface area contributed by atoms with E-state index in [0.717, 1.165) is 12.8 Å². The van der Waals surface area contributed by atoms with Gasteiger partial charge in [0.2, 0.25) is 0 Å². The first-order chi connectivity index (χ1) is 8.46. The van der Waals surface area contributed by atoms with Gasteiger partial charge in [-0.25, -0.2) is 5.48 Å². The van der Waals surface area contributed by atoms with Gasteiger partial charge in [-0.2, -0.15) is 0 Å². The maximum absolute atomic E-state index is 11.9. The van der Waals surface area contributed by atoms with Crippen LogP contribution in [0.25, 0.3) is 0 Å². The Bertz CT molecular complexity index is 446. The number of rotatable bonds is 2. The molecule has 1 aromatic rings. The van der Waals surface area contributed by atoms with Crippen LogP contribution < -0.4 is 5.48 Å². The molecule has 0 unspecified atom stereocenters. The Labute approximate surface area is 108 Å². The van der Waals surface area contributed by atoms with Gasteiger partial charge in [-0.1, -0.05) is 6.07 Å². The summed E-state index contributed by atoms with van der Waals surface area (Å²) in [6, 6.07) is 5.95. The van der Waals surface area contributed by atoms with Crippen LogP contribution in [0.15, 0.2) is 18.2 Å². The first-order valence-corrected chi connectivity index (χ1v) is 6.56. The van der Waals surface area contributed by atoms with Crippen molar-refractivity contribution in [3.05, 3.63) is 34.9 Å². The van der Waals surface area contributed by atoms with Crippen molar-refractivity contribution in [2.75, 3.05) is 0 Å². The van der Waals surface area contributed by atoms with E-state index < -0.39 is 0 Å². The fraction of sp³-hybridized carbons (Fsp3) is 0.533.